The molecule has 0 atom stereocenters. The van der Waals surface area contributed by atoms with Gasteiger partial charge in [0.2, 0.25) is 0 Å². The molecule has 0 radical (unpaired) electrons. The molecule has 1 rings (SSSR count). The molecule has 0 unspecified atom stereocenters. The summed E-state index contributed by atoms with van der Waals surface area (Å²) >= 11 is 0. The second kappa shape index (κ2) is 14.0. The Kier molecular flexibility index (Phi) is 14.0. The first kappa shape index (κ1) is 24.9. The van der Waals surface area contributed by atoms with Crippen molar-refractivity contribution < 1.29 is 4.74 Å². The monoisotopic (exact) mass is 468 g/mol. The van der Waals surface area contributed by atoms with E-state index in [-0.39, 0.29) is 24.0 Å². The van der Waals surface area contributed by atoms with Crippen LogP contribution in [0.2, 0.25) is 0 Å². The zero-order valence-electron chi connectivity index (χ0n) is 17.1. The molecule has 1 aliphatic rings. The molecule has 1 saturated carbocycles. The smallest absolute Gasteiger partial charge is 0.191 e. The number of likely N-dealkylation sites (N-methyl/N-ethyl adjacent to an activating group) is 1. The number of guanidine groups is 1. The highest BCUT2D eigenvalue weighted by molar-refractivity contribution is 14.0. The van der Waals surface area contributed by atoms with Gasteiger partial charge in [-0.25, -0.2) is 0 Å². The van der Waals surface area contributed by atoms with Crippen LogP contribution >= 0.6 is 24.0 Å². The Hall–Kier alpha value is -0.0800. The summed E-state index contributed by atoms with van der Waals surface area (Å²) in [5, 5.41) is 6.89. The summed E-state index contributed by atoms with van der Waals surface area (Å²) in [7, 11) is 1.80. The van der Waals surface area contributed by atoms with Crippen molar-refractivity contribution in [3.63, 3.8) is 0 Å². The van der Waals surface area contributed by atoms with Crippen LogP contribution in [-0.4, -0.2) is 63.3 Å². The molecule has 0 heterocycles. The highest BCUT2D eigenvalue weighted by atomic mass is 127. The Balaban J connectivity index is 0.00000576. The molecule has 0 spiro atoms. The Labute approximate surface area is 172 Å². The quantitative estimate of drug-likeness (QED) is 0.277. The first-order valence-corrected chi connectivity index (χ1v) is 9.82. The average molecular weight is 468 g/mol. The second-order valence-corrected chi connectivity index (χ2v) is 7.29. The van der Waals surface area contributed by atoms with Gasteiger partial charge >= 0.3 is 0 Å². The number of ether oxygens (including phenoxy) is 1. The minimum absolute atomic E-state index is 0. The summed E-state index contributed by atoms with van der Waals surface area (Å²) in [5.41, 5.74) is 0.353. The summed E-state index contributed by atoms with van der Waals surface area (Å²) in [5.74, 6) is 0.959. The molecule has 1 fully saturated rings. The van der Waals surface area contributed by atoms with Gasteiger partial charge < -0.3 is 15.4 Å². The summed E-state index contributed by atoms with van der Waals surface area (Å²) in [4.78, 5) is 7.37. The first-order valence-electron chi connectivity index (χ1n) is 9.82. The maximum absolute atomic E-state index is 5.32. The molecule has 0 aromatic carbocycles. The van der Waals surface area contributed by atoms with E-state index in [4.69, 9.17) is 9.73 Å². The molecule has 5 nitrogen and oxygen atoms in total. The Morgan fingerprint density at radius 3 is 2.40 bits per heavy atom. The molecule has 0 saturated heterocycles. The van der Waals surface area contributed by atoms with Crippen molar-refractivity contribution in [2.45, 2.75) is 65.8 Å². The van der Waals surface area contributed by atoms with E-state index in [1.807, 2.05) is 0 Å². The summed E-state index contributed by atoms with van der Waals surface area (Å²) in [6.45, 7) is 14.6. The van der Waals surface area contributed by atoms with Gasteiger partial charge in [-0.15, -0.1) is 24.0 Å². The van der Waals surface area contributed by atoms with E-state index in [0.717, 1.165) is 51.7 Å². The number of hydrogen-bond donors (Lipinski definition) is 2. The molecule has 1 aliphatic carbocycles. The van der Waals surface area contributed by atoms with E-state index < -0.39 is 0 Å². The van der Waals surface area contributed by atoms with E-state index >= 15 is 0 Å². The van der Waals surface area contributed by atoms with Crippen LogP contribution < -0.4 is 10.6 Å². The van der Waals surface area contributed by atoms with Gasteiger partial charge in [0.25, 0.3) is 0 Å². The highest BCUT2D eigenvalue weighted by Crippen LogP contribution is 2.41. The van der Waals surface area contributed by atoms with Crippen molar-refractivity contribution in [1.82, 2.24) is 15.5 Å². The number of nitrogens with one attached hydrogen (secondary N) is 2. The van der Waals surface area contributed by atoms with Crippen LogP contribution in [0.25, 0.3) is 0 Å². The number of hydrogen-bond acceptors (Lipinski definition) is 3. The molecule has 6 heteroatoms. The van der Waals surface area contributed by atoms with E-state index in [9.17, 15) is 0 Å². The standard InChI is InChI=1S/C19H40N4O.HI/c1-6-20-18(21-13-14-23(7-2)17(3)4)22-16-19(12-15-24-5)10-8-9-11-19;/h17H,6-16H2,1-5H3,(H2,20,21,22);1H. The van der Waals surface area contributed by atoms with Crippen LogP contribution in [-0.2, 0) is 4.74 Å². The van der Waals surface area contributed by atoms with Gasteiger partial charge in [0.15, 0.2) is 5.96 Å². The van der Waals surface area contributed by atoms with E-state index in [0.29, 0.717) is 11.5 Å². The van der Waals surface area contributed by atoms with E-state index in [2.05, 4.69) is 43.2 Å². The minimum atomic E-state index is 0. The van der Waals surface area contributed by atoms with Gasteiger partial charge in [-0.2, -0.15) is 0 Å². The second-order valence-electron chi connectivity index (χ2n) is 7.29. The number of rotatable bonds is 11. The van der Waals surface area contributed by atoms with Crippen molar-refractivity contribution in [1.29, 1.82) is 0 Å². The number of aliphatic imine (C=N–C) groups is 1. The summed E-state index contributed by atoms with van der Waals surface area (Å²) in [6.07, 6.45) is 6.38. The molecule has 150 valence electrons. The van der Waals surface area contributed by atoms with Crippen molar-refractivity contribution in [3.8, 4) is 0 Å². The maximum Gasteiger partial charge on any atom is 0.191 e. The van der Waals surface area contributed by atoms with Crippen molar-refractivity contribution in [2.75, 3.05) is 46.4 Å². The van der Waals surface area contributed by atoms with Crippen LogP contribution in [0.1, 0.15) is 59.8 Å². The predicted molar refractivity (Wildman–Crippen MR) is 119 cm³/mol. The fraction of sp³-hybridized carbons (Fsp3) is 0.947. The fourth-order valence-corrected chi connectivity index (χ4v) is 3.62. The van der Waals surface area contributed by atoms with Crippen LogP contribution in [0.15, 0.2) is 4.99 Å². The van der Waals surface area contributed by atoms with Gasteiger partial charge in [0, 0.05) is 45.9 Å². The molecule has 0 bridgehead atoms. The molecule has 0 aliphatic heterocycles. The van der Waals surface area contributed by atoms with Crippen molar-refractivity contribution in [2.24, 2.45) is 10.4 Å². The molecule has 0 amide bonds. The normalized spacial score (nSPS) is 17.0. The molecule has 25 heavy (non-hydrogen) atoms. The Morgan fingerprint density at radius 2 is 1.88 bits per heavy atom. The topological polar surface area (TPSA) is 48.9 Å². The summed E-state index contributed by atoms with van der Waals surface area (Å²) < 4.78 is 5.32. The lowest BCUT2D eigenvalue weighted by Crippen LogP contribution is -2.43. The lowest BCUT2D eigenvalue weighted by molar-refractivity contribution is 0.141. The summed E-state index contributed by atoms with van der Waals surface area (Å²) in [6, 6.07) is 0.590. The SMILES string of the molecule is CCNC(=NCC1(CCOC)CCCC1)NCCN(CC)C(C)C.I. The Morgan fingerprint density at radius 1 is 1.20 bits per heavy atom. The first-order chi connectivity index (χ1) is 11.6. The van der Waals surface area contributed by atoms with Gasteiger partial charge in [-0.3, -0.25) is 9.89 Å². The van der Waals surface area contributed by atoms with Crippen LogP contribution in [0, 0.1) is 5.41 Å². The largest absolute Gasteiger partial charge is 0.385 e. The van der Waals surface area contributed by atoms with Gasteiger partial charge in [-0.05, 0) is 52.0 Å². The zero-order valence-corrected chi connectivity index (χ0v) is 19.4. The molecule has 0 aromatic rings. The number of nitrogens with zero attached hydrogens (tertiary/aromatic N) is 2. The van der Waals surface area contributed by atoms with Crippen LogP contribution in [0.3, 0.4) is 0 Å². The molecular weight excluding hydrogens is 427 g/mol. The van der Waals surface area contributed by atoms with E-state index in [1.54, 1.807) is 7.11 Å². The molecule has 2 N–H and O–H groups in total. The van der Waals surface area contributed by atoms with Gasteiger partial charge in [0.05, 0.1) is 0 Å². The number of halogens is 1. The Bertz CT molecular complexity index is 357. The van der Waals surface area contributed by atoms with Crippen molar-refractivity contribution >= 4 is 29.9 Å². The predicted octanol–water partition coefficient (Wildman–Crippen LogP) is 3.49. The fourth-order valence-electron chi connectivity index (χ4n) is 3.62. The molecule has 0 aromatic heterocycles. The van der Waals surface area contributed by atoms with Crippen LogP contribution in [0.5, 0.6) is 0 Å². The van der Waals surface area contributed by atoms with Crippen LogP contribution in [0.4, 0.5) is 0 Å². The van der Waals surface area contributed by atoms with Crippen molar-refractivity contribution in [3.05, 3.63) is 0 Å². The zero-order chi connectivity index (χ0) is 17.8. The third kappa shape index (κ3) is 9.43. The number of methoxy groups -OCH3 is 1. The minimum Gasteiger partial charge on any atom is -0.385 e. The highest BCUT2D eigenvalue weighted by Gasteiger charge is 2.33. The van der Waals surface area contributed by atoms with Gasteiger partial charge in [0.1, 0.15) is 0 Å². The third-order valence-electron chi connectivity index (χ3n) is 5.25. The lowest BCUT2D eigenvalue weighted by atomic mass is 9.83. The maximum atomic E-state index is 5.32. The van der Waals surface area contributed by atoms with E-state index in [1.165, 1.54) is 25.7 Å². The van der Waals surface area contributed by atoms with Gasteiger partial charge in [-0.1, -0.05) is 19.8 Å². The lowest BCUT2D eigenvalue weighted by Gasteiger charge is -2.28. The average Bonchev–Trinajstić information content (AvgIpc) is 3.03. The third-order valence-corrected chi connectivity index (χ3v) is 5.25. The molecular formula is C19H41IN4O.